The van der Waals surface area contributed by atoms with E-state index in [4.69, 9.17) is 16.1 Å². The first-order chi connectivity index (χ1) is 12.7. The van der Waals surface area contributed by atoms with Crippen molar-refractivity contribution in [2.75, 3.05) is 0 Å². The topological polar surface area (TPSA) is 73.8 Å². The average molecular weight is 365 g/mol. The van der Waals surface area contributed by atoms with Crippen molar-refractivity contribution in [3.05, 3.63) is 88.1 Å². The highest BCUT2D eigenvalue weighted by molar-refractivity contribution is 6.30. The summed E-state index contributed by atoms with van der Waals surface area (Å²) < 4.78 is 6.94. The van der Waals surface area contributed by atoms with Crippen molar-refractivity contribution in [1.29, 1.82) is 0 Å². The van der Waals surface area contributed by atoms with E-state index in [0.29, 0.717) is 28.8 Å². The molecule has 0 saturated carbocycles. The van der Waals surface area contributed by atoms with Crippen LogP contribution in [0.4, 0.5) is 0 Å². The molecule has 0 atom stereocenters. The number of hydrogen-bond donors (Lipinski definition) is 0. The molecule has 0 aliphatic heterocycles. The van der Waals surface area contributed by atoms with Crippen molar-refractivity contribution in [3.63, 3.8) is 0 Å². The largest absolute Gasteiger partial charge is 0.334 e. The van der Waals surface area contributed by atoms with E-state index in [2.05, 4.69) is 15.1 Å². The first-order valence-corrected chi connectivity index (χ1v) is 8.26. The Morgan fingerprint density at radius 2 is 1.73 bits per heavy atom. The van der Waals surface area contributed by atoms with Gasteiger partial charge in [-0.05, 0) is 35.9 Å². The molecule has 0 amide bonds. The highest BCUT2D eigenvalue weighted by Crippen LogP contribution is 2.21. The summed E-state index contributed by atoms with van der Waals surface area (Å²) in [6, 6.07) is 14.1. The summed E-state index contributed by atoms with van der Waals surface area (Å²) in [4.78, 5) is 20.5. The standard InChI is InChI=1S/C19H13ClN4O2/c20-16-4-1-13(2-5-16)11-24-12-15(3-6-17(24)25)19-22-18(23-26-19)14-7-9-21-10-8-14/h1-10,12H,11H2. The molecule has 128 valence electrons. The van der Waals surface area contributed by atoms with E-state index < -0.39 is 0 Å². The van der Waals surface area contributed by atoms with Crippen molar-refractivity contribution in [1.82, 2.24) is 19.7 Å². The second-order valence-electron chi connectivity index (χ2n) is 5.67. The van der Waals surface area contributed by atoms with E-state index in [1.165, 1.54) is 6.07 Å². The third kappa shape index (κ3) is 3.41. The molecule has 3 heterocycles. The average Bonchev–Trinajstić information content (AvgIpc) is 3.16. The van der Waals surface area contributed by atoms with Gasteiger partial charge in [-0.3, -0.25) is 9.78 Å². The van der Waals surface area contributed by atoms with Crippen LogP contribution in [0.5, 0.6) is 0 Å². The number of nitrogens with zero attached hydrogens (tertiary/aromatic N) is 4. The first-order valence-electron chi connectivity index (χ1n) is 7.88. The van der Waals surface area contributed by atoms with Crippen molar-refractivity contribution in [2.45, 2.75) is 6.54 Å². The molecule has 0 aliphatic carbocycles. The molecule has 0 bridgehead atoms. The normalized spacial score (nSPS) is 10.8. The van der Waals surface area contributed by atoms with E-state index in [0.717, 1.165) is 11.1 Å². The summed E-state index contributed by atoms with van der Waals surface area (Å²) in [6.45, 7) is 0.426. The van der Waals surface area contributed by atoms with Crippen LogP contribution in [0.15, 0.2) is 76.4 Å². The monoisotopic (exact) mass is 364 g/mol. The summed E-state index contributed by atoms with van der Waals surface area (Å²) in [5.41, 5.74) is 2.34. The molecule has 0 radical (unpaired) electrons. The number of hydrogen-bond acceptors (Lipinski definition) is 5. The maximum Gasteiger partial charge on any atom is 0.259 e. The Kier molecular flexibility index (Phi) is 4.33. The Bertz CT molecular complexity index is 1090. The lowest BCUT2D eigenvalue weighted by Crippen LogP contribution is -2.19. The van der Waals surface area contributed by atoms with E-state index in [1.807, 2.05) is 12.1 Å². The van der Waals surface area contributed by atoms with Gasteiger partial charge in [-0.1, -0.05) is 28.9 Å². The number of aromatic nitrogens is 4. The van der Waals surface area contributed by atoms with Gasteiger partial charge in [0.15, 0.2) is 0 Å². The maximum atomic E-state index is 12.2. The minimum atomic E-state index is -0.113. The van der Waals surface area contributed by atoms with Gasteiger partial charge in [0.1, 0.15) is 0 Å². The highest BCUT2D eigenvalue weighted by atomic mass is 35.5. The molecule has 1 aromatic carbocycles. The number of benzene rings is 1. The Labute approximate surface area is 153 Å². The van der Waals surface area contributed by atoms with Gasteiger partial charge < -0.3 is 9.09 Å². The van der Waals surface area contributed by atoms with Crippen LogP contribution < -0.4 is 5.56 Å². The molecule has 0 N–H and O–H groups in total. The van der Waals surface area contributed by atoms with E-state index in [1.54, 1.807) is 53.5 Å². The lowest BCUT2D eigenvalue weighted by atomic mass is 10.2. The van der Waals surface area contributed by atoms with Gasteiger partial charge in [0.05, 0.1) is 12.1 Å². The van der Waals surface area contributed by atoms with Crippen LogP contribution >= 0.6 is 11.6 Å². The lowest BCUT2D eigenvalue weighted by molar-refractivity contribution is 0.432. The zero-order valence-corrected chi connectivity index (χ0v) is 14.3. The molecule has 0 fully saturated rings. The Hall–Kier alpha value is -3.25. The van der Waals surface area contributed by atoms with Crippen LogP contribution in [-0.4, -0.2) is 19.7 Å². The number of halogens is 1. The van der Waals surface area contributed by atoms with Crippen LogP contribution in [0.2, 0.25) is 5.02 Å². The van der Waals surface area contributed by atoms with Gasteiger partial charge in [-0.15, -0.1) is 0 Å². The molecule has 26 heavy (non-hydrogen) atoms. The molecule has 0 aliphatic rings. The SMILES string of the molecule is O=c1ccc(-c2nc(-c3ccncc3)no2)cn1Cc1ccc(Cl)cc1. The fourth-order valence-corrected chi connectivity index (χ4v) is 2.65. The molecule has 6 nitrogen and oxygen atoms in total. The highest BCUT2D eigenvalue weighted by Gasteiger charge is 2.12. The molecular formula is C19H13ClN4O2. The van der Waals surface area contributed by atoms with Gasteiger partial charge >= 0.3 is 0 Å². The summed E-state index contributed by atoms with van der Waals surface area (Å²) >= 11 is 5.90. The lowest BCUT2D eigenvalue weighted by Gasteiger charge is -2.07. The number of pyridine rings is 2. The molecule has 0 unspecified atom stereocenters. The van der Waals surface area contributed by atoms with Gasteiger partial charge in [0.25, 0.3) is 11.4 Å². The van der Waals surface area contributed by atoms with Crippen LogP contribution in [-0.2, 0) is 6.54 Å². The number of rotatable bonds is 4. The third-order valence-electron chi connectivity index (χ3n) is 3.86. The van der Waals surface area contributed by atoms with Crippen LogP contribution in [0.3, 0.4) is 0 Å². The second-order valence-corrected chi connectivity index (χ2v) is 6.11. The van der Waals surface area contributed by atoms with E-state index in [9.17, 15) is 4.79 Å². The third-order valence-corrected chi connectivity index (χ3v) is 4.11. The fraction of sp³-hybridized carbons (Fsp3) is 0.0526. The molecule has 4 aromatic rings. The molecular weight excluding hydrogens is 352 g/mol. The first kappa shape index (κ1) is 16.2. The molecule has 7 heteroatoms. The van der Waals surface area contributed by atoms with Crippen molar-refractivity contribution < 1.29 is 4.52 Å². The quantitative estimate of drug-likeness (QED) is 0.552. The van der Waals surface area contributed by atoms with Crippen LogP contribution in [0.25, 0.3) is 22.8 Å². The molecule has 0 saturated heterocycles. The second kappa shape index (κ2) is 6.93. The predicted octanol–water partition coefficient (Wildman–Crippen LogP) is 3.66. The summed E-state index contributed by atoms with van der Waals surface area (Å²) in [7, 11) is 0. The summed E-state index contributed by atoms with van der Waals surface area (Å²) in [6.07, 6.45) is 5.04. The maximum absolute atomic E-state index is 12.2. The van der Waals surface area contributed by atoms with Gasteiger partial charge in [0.2, 0.25) is 5.82 Å². The zero-order valence-electron chi connectivity index (χ0n) is 13.5. The summed E-state index contributed by atoms with van der Waals surface area (Å²) in [5.74, 6) is 0.819. The van der Waals surface area contributed by atoms with Crippen molar-refractivity contribution >= 4 is 11.6 Å². The molecule has 4 rings (SSSR count). The van der Waals surface area contributed by atoms with Crippen LogP contribution in [0.1, 0.15) is 5.56 Å². The Morgan fingerprint density at radius 1 is 0.962 bits per heavy atom. The Balaban J connectivity index is 1.65. The van der Waals surface area contributed by atoms with Gasteiger partial charge in [-0.2, -0.15) is 4.98 Å². The van der Waals surface area contributed by atoms with Gasteiger partial charge in [-0.25, -0.2) is 0 Å². The minimum Gasteiger partial charge on any atom is -0.334 e. The van der Waals surface area contributed by atoms with Gasteiger partial charge in [0, 0.05) is 35.2 Å². The molecule has 3 aromatic heterocycles. The smallest absolute Gasteiger partial charge is 0.259 e. The van der Waals surface area contributed by atoms with E-state index >= 15 is 0 Å². The van der Waals surface area contributed by atoms with Crippen molar-refractivity contribution in [2.24, 2.45) is 0 Å². The van der Waals surface area contributed by atoms with Crippen LogP contribution in [0, 0.1) is 0 Å². The summed E-state index contributed by atoms with van der Waals surface area (Å²) in [5, 5.41) is 4.65. The predicted molar refractivity (Wildman–Crippen MR) is 97.8 cm³/mol. The zero-order chi connectivity index (χ0) is 17.9. The minimum absolute atomic E-state index is 0.113. The molecule has 0 spiro atoms. The fourth-order valence-electron chi connectivity index (χ4n) is 2.53. The van der Waals surface area contributed by atoms with Crippen molar-refractivity contribution in [3.8, 4) is 22.8 Å². The Morgan fingerprint density at radius 3 is 2.50 bits per heavy atom. The van der Waals surface area contributed by atoms with E-state index in [-0.39, 0.29) is 5.56 Å².